The van der Waals surface area contributed by atoms with Crippen LogP contribution in [0.5, 0.6) is 0 Å². The smallest absolute Gasteiger partial charge is 0.0582 e. The first-order valence-electron chi connectivity index (χ1n) is 5.00. The molecule has 0 aliphatic carbocycles. The minimum atomic E-state index is -0.0944. The first-order chi connectivity index (χ1) is 7.18. The van der Waals surface area contributed by atoms with Crippen molar-refractivity contribution in [3.63, 3.8) is 0 Å². The molecule has 3 heteroatoms. The van der Waals surface area contributed by atoms with Crippen LogP contribution in [-0.4, -0.2) is 10.2 Å². The lowest BCUT2D eigenvalue weighted by atomic mass is 9.98. The Kier molecular flexibility index (Phi) is 2.56. The molecule has 1 heterocycles. The molecule has 1 atom stereocenters. The number of aryl methyl sites for hydroxylation is 2. The van der Waals surface area contributed by atoms with Crippen molar-refractivity contribution in [2.75, 3.05) is 0 Å². The fraction of sp³-hybridized carbons (Fsp3) is 0.250. The molecule has 1 aromatic heterocycles. The molecule has 0 fully saturated rings. The molecule has 1 aromatic carbocycles. The number of rotatable bonds is 2. The van der Waals surface area contributed by atoms with E-state index in [1.165, 1.54) is 11.1 Å². The van der Waals surface area contributed by atoms with Crippen LogP contribution in [0.1, 0.15) is 28.3 Å². The average molecular weight is 201 g/mol. The largest absolute Gasteiger partial charge is 0.320 e. The summed E-state index contributed by atoms with van der Waals surface area (Å²) in [5, 5.41) is 6.68. The van der Waals surface area contributed by atoms with Crippen molar-refractivity contribution >= 4 is 0 Å². The van der Waals surface area contributed by atoms with Gasteiger partial charge in [0.25, 0.3) is 0 Å². The molecule has 0 saturated carbocycles. The summed E-state index contributed by atoms with van der Waals surface area (Å²) in [7, 11) is 0. The minimum Gasteiger partial charge on any atom is -0.320 e. The summed E-state index contributed by atoms with van der Waals surface area (Å²) in [6.07, 6.45) is 3.60. The zero-order valence-corrected chi connectivity index (χ0v) is 8.99. The maximum Gasteiger partial charge on any atom is 0.0582 e. The van der Waals surface area contributed by atoms with Crippen LogP contribution in [0.2, 0.25) is 0 Å². The molecule has 0 aliphatic rings. The zero-order chi connectivity index (χ0) is 10.8. The molecule has 2 rings (SSSR count). The summed E-state index contributed by atoms with van der Waals surface area (Å²) in [5.41, 5.74) is 10.8. The van der Waals surface area contributed by atoms with Crippen molar-refractivity contribution in [3.8, 4) is 0 Å². The average Bonchev–Trinajstić information content (AvgIpc) is 2.74. The van der Waals surface area contributed by atoms with E-state index >= 15 is 0 Å². The van der Waals surface area contributed by atoms with Gasteiger partial charge in [0.15, 0.2) is 0 Å². The molecule has 3 N–H and O–H groups in total. The normalized spacial score (nSPS) is 12.7. The highest BCUT2D eigenvalue weighted by molar-refractivity contribution is 5.35. The Morgan fingerprint density at radius 1 is 1.20 bits per heavy atom. The van der Waals surface area contributed by atoms with Gasteiger partial charge in [-0.2, -0.15) is 5.10 Å². The molecule has 0 saturated heterocycles. The highest BCUT2D eigenvalue weighted by atomic mass is 15.1. The Hall–Kier alpha value is -1.61. The van der Waals surface area contributed by atoms with Gasteiger partial charge in [0.05, 0.1) is 12.2 Å². The van der Waals surface area contributed by atoms with Gasteiger partial charge in [-0.15, -0.1) is 0 Å². The van der Waals surface area contributed by atoms with Crippen LogP contribution >= 0.6 is 0 Å². The van der Waals surface area contributed by atoms with Crippen molar-refractivity contribution in [2.45, 2.75) is 19.9 Å². The van der Waals surface area contributed by atoms with Crippen LogP contribution in [0.4, 0.5) is 0 Å². The second-order valence-corrected chi connectivity index (χ2v) is 3.85. The van der Waals surface area contributed by atoms with Crippen LogP contribution in [0.3, 0.4) is 0 Å². The van der Waals surface area contributed by atoms with E-state index in [1.807, 2.05) is 6.20 Å². The Bertz CT molecular complexity index is 446. The number of H-pyrrole nitrogens is 1. The minimum absolute atomic E-state index is 0.0944. The van der Waals surface area contributed by atoms with E-state index in [4.69, 9.17) is 5.73 Å². The summed E-state index contributed by atoms with van der Waals surface area (Å²) in [6.45, 7) is 4.20. The van der Waals surface area contributed by atoms with Crippen LogP contribution in [0.15, 0.2) is 30.6 Å². The number of nitrogens with zero attached hydrogens (tertiary/aromatic N) is 1. The van der Waals surface area contributed by atoms with E-state index in [0.717, 1.165) is 11.1 Å². The quantitative estimate of drug-likeness (QED) is 0.781. The Morgan fingerprint density at radius 3 is 2.60 bits per heavy atom. The number of benzene rings is 1. The lowest BCUT2D eigenvalue weighted by molar-refractivity contribution is 0.870. The van der Waals surface area contributed by atoms with Crippen LogP contribution in [0.25, 0.3) is 0 Å². The molecule has 1 unspecified atom stereocenters. The van der Waals surface area contributed by atoms with Crippen molar-refractivity contribution in [1.29, 1.82) is 0 Å². The number of hydrogen-bond donors (Lipinski definition) is 2. The van der Waals surface area contributed by atoms with Gasteiger partial charge in [-0.05, 0) is 30.5 Å². The molecule has 0 amide bonds. The molecule has 2 aromatic rings. The van der Waals surface area contributed by atoms with Crippen molar-refractivity contribution in [3.05, 3.63) is 52.8 Å². The third-order valence-corrected chi connectivity index (χ3v) is 2.77. The van der Waals surface area contributed by atoms with Gasteiger partial charge in [0.2, 0.25) is 0 Å². The highest BCUT2D eigenvalue weighted by Crippen LogP contribution is 2.20. The summed E-state index contributed by atoms with van der Waals surface area (Å²) in [5.74, 6) is 0. The van der Waals surface area contributed by atoms with Gasteiger partial charge < -0.3 is 5.73 Å². The lowest BCUT2D eigenvalue weighted by Gasteiger charge is -2.11. The molecule has 0 spiro atoms. The zero-order valence-electron chi connectivity index (χ0n) is 8.99. The lowest BCUT2D eigenvalue weighted by Crippen LogP contribution is -2.11. The van der Waals surface area contributed by atoms with E-state index in [0.29, 0.717) is 0 Å². The SMILES string of the molecule is Cc1ccc(C(N)c2cn[nH]c2)cc1C. The van der Waals surface area contributed by atoms with Crippen LogP contribution < -0.4 is 5.73 Å². The fourth-order valence-electron chi connectivity index (χ4n) is 1.58. The van der Waals surface area contributed by atoms with Gasteiger partial charge >= 0.3 is 0 Å². The molecule has 78 valence electrons. The standard InChI is InChI=1S/C12H15N3/c1-8-3-4-10(5-9(8)2)12(13)11-6-14-15-7-11/h3-7,12H,13H2,1-2H3,(H,14,15). The maximum atomic E-state index is 6.12. The molecule has 0 bridgehead atoms. The van der Waals surface area contributed by atoms with Crippen LogP contribution in [-0.2, 0) is 0 Å². The first-order valence-corrected chi connectivity index (χ1v) is 5.00. The number of nitrogens with one attached hydrogen (secondary N) is 1. The van der Waals surface area contributed by atoms with E-state index in [-0.39, 0.29) is 6.04 Å². The molecule has 0 radical (unpaired) electrons. The Morgan fingerprint density at radius 2 is 2.00 bits per heavy atom. The molecule has 3 nitrogen and oxygen atoms in total. The number of aromatic amines is 1. The first kappa shape index (κ1) is 9.93. The predicted molar refractivity (Wildman–Crippen MR) is 60.5 cm³/mol. The van der Waals surface area contributed by atoms with E-state index < -0.39 is 0 Å². The van der Waals surface area contributed by atoms with Crippen molar-refractivity contribution in [1.82, 2.24) is 10.2 Å². The summed E-state index contributed by atoms with van der Waals surface area (Å²) < 4.78 is 0. The van der Waals surface area contributed by atoms with Gasteiger partial charge in [0.1, 0.15) is 0 Å². The molecular formula is C12H15N3. The van der Waals surface area contributed by atoms with Crippen molar-refractivity contribution in [2.24, 2.45) is 5.73 Å². The monoisotopic (exact) mass is 201 g/mol. The third kappa shape index (κ3) is 1.92. The summed E-state index contributed by atoms with van der Waals surface area (Å²) in [4.78, 5) is 0. The summed E-state index contributed by atoms with van der Waals surface area (Å²) in [6, 6.07) is 6.21. The maximum absolute atomic E-state index is 6.12. The van der Waals surface area contributed by atoms with Gasteiger partial charge in [-0.3, -0.25) is 5.10 Å². The van der Waals surface area contributed by atoms with Crippen LogP contribution in [0, 0.1) is 13.8 Å². The highest BCUT2D eigenvalue weighted by Gasteiger charge is 2.10. The van der Waals surface area contributed by atoms with E-state index in [9.17, 15) is 0 Å². The van der Waals surface area contributed by atoms with Gasteiger partial charge in [-0.1, -0.05) is 18.2 Å². The Balaban J connectivity index is 2.34. The van der Waals surface area contributed by atoms with E-state index in [1.54, 1.807) is 6.20 Å². The van der Waals surface area contributed by atoms with Gasteiger partial charge in [0, 0.05) is 11.8 Å². The van der Waals surface area contributed by atoms with Crippen molar-refractivity contribution < 1.29 is 0 Å². The summed E-state index contributed by atoms with van der Waals surface area (Å²) >= 11 is 0. The second kappa shape index (κ2) is 3.87. The topological polar surface area (TPSA) is 54.7 Å². The fourth-order valence-corrected chi connectivity index (χ4v) is 1.58. The number of aromatic nitrogens is 2. The molecule has 15 heavy (non-hydrogen) atoms. The Labute approximate surface area is 89.3 Å². The molecular weight excluding hydrogens is 186 g/mol. The predicted octanol–water partition coefficient (Wildman–Crippen LogP) is 2.07. The number of nitrogens with two attached hydrogens (primary N) is 1. The number of hydrogen-bond acceptors (Lipinski definition) is 2. The third-order valence-electron chi connectivity index (χ3n) is 2.77. The van der Waals surface area contributed by atoms with Gasteiger partial charge in [-0.25, -0.2) is 0 Å². The molecule has 0 aliphatic heterocycles. The second-order valence-electron chi connectivity index (χ2n) is 3.85. The van der Waals surface area contributed by atoms with E-state index in [2.05, 4.69) is 42.2 Å².